The molecule has 0 aliphatic carbocycles. The van der Waals surface area contributed by atoms with Gasteiger partial charge in [-0.1, -0.05) is 11.6 Å². The van der Waals surface area contributed by atoms with Crippen molar-refractivity contribution in [3.8, 4) is 11.5 Å². The minimum Gasteiger partial charge on any atom is -0.490 e. The maximum Gasteiger partial charge on any atom is 0.163 e. The van der Waals surface area contributed by atoms with Gasteiger partial charge < -0.3 is 29.0 Å². The van der Waals surface area contributed by atoms with Crippen LogP contribution in [0.1, 0.15) is 19.3 Å². The molecule has 1 fully saturated rings. The van der Waals surface area contributed by atoms with Crippen LogP contribution in [0.15, 0.2) is 36.7 Å². The summed E-state index contributed by atoms with van der Waals surface area (Å²) in [4.78, 5) is 11.2. The summed E-state index contributed by atoms with van der Waals surface area (Å²) in [5, 5.41) is 4.00. The molecule has 39 heavy (non-hydrogen) atoms. The Kier molecular flexibility index (Phi) is 11.3. The number of ether oxygens (including phenoxy) is 5. The van der Waals surface area contributed by atoms with Gasteiger partial charge in [-0.25, -0.2) is 14.4 Å². The van der Waals surface area contributed by atoms with Crippen molar-refractivity contribution in [2.45, 2.75) is 25.4 Å². The van der Waals surface area contributed by atoms with E-state index in [9.17, 15) is 4.39 Å². The number of rotatable bonds is 15. The Morgan fingerprint density at radius 2 is 1.77 bits per heavy atom. The molecule has 11 heteroatoms. The van der Waals surface area contributed by atoms with Gasteiger partial charge in [0.25, 0.3) is 0 Å². The highest BCUT2D eigenvalue weighted by molar-refractivity contribution is 6.31. The monoisotopic (exact) mass is 562 g/mol. The van der Waals surface area contributed by atoms with Crippen LogP contribution in [-0.2, 0) is 14.2 Å². The summed E-state index contributed by atoms with van der Waals surface area (Å²) in [5.74, 6) is 1.33. The third-order valence-electron chi connectivity index (χ3n) is 6.44. The zero-order valence-electron chi connectivity index (χ0n) is 22.5. The van der Waals surface area contributed by atoms with Crippen molar-refractivity contribution < 1.29 is 28.1 Å². The number of fused-ring (bicyclic) bond motifs is 1. The molecule has 1 aromatic heterocycles. The Bertz CT molecular complexity index is 1190. The Hall–Kier alpha value is -2.76. The predicted octanol–water partition coefficient (Wildman–Crippen LogP) is 5.09. The summed E-state index contributed by atoms with van der Waals surface area (Å²) in [6, 6.07) is 8.21. The lowest BCUT2D eigenvalue weighted by Crippen LogP contribution is -2.32. The van der Waals surface area contributed by atoms with Crippen molar-refractivity contribution in [2.24, 2.45) is 0 Å². The lowest BCUT2D eigenvalue weighted by molar-refractivity contribution is 0.0243. The standard InChI is InChI=1S/C28H36ClFN4O5/c1-35-14-9-34(10-15-36-2)8-3-11-38-26-18-25-22(17-27(26)39-21-6-12-37-13-7-21)28(32-19-31-25)33-20-4-5-24(30)23(29)16-20/h4-5,16-19,21H,3,6-15H2,1-2H3,(H,31,32,33). The van der Waals surface area contributed by atoms with E-state index < -0.39 is 5.82 Å². The molecule has 0 atom stereocenters. The first-order valence-electron chi connectivity index (χ1n) is 13.2. The number of hydrogen-bond donors (Lipinski definition) is 1. The van der Waals surface area contributed by atoms with Crippen LogP contribution in [-0.4, -0.2) is 87.9 Å². The number of halogens is 2. The molecule has 0 amide bonds. The average molecular weight is 563 g/mol. The fraction of sp³-hybridized carbons (Fsp3) is 0.500. The summed E-state index contributed by atoms with van der Waals surface area (Å²) in [6.45, 7) is 5.68. The second-order valence-electron chi connectivity index (χ2n) is 9.25. The zero-order chi connectivity index (χ0) is 27.5. The van der Waals surface area contributed by atoms with Crippen LogP contribution in [0.2, 0.25) is 5.02 Å². The molecular formula is C28H36ClFN4O5. The second kappa shape index (κ2) is 15.1. The van der Waals surface area contributed by atoms with Gasteiger partial charge in [-0.2, -0.15) is 0 Å². The molecule has 1 N–H and O–H groups in total. The van der Waals surface area contributed by atoms with Crippen LogP contribution < -0.4 is 14.8 Å². The van der Waals surface area contributed by atoms with Crippen molar-refractivity contribution in [3.63, 3.8) is 0 Å². The SMILES string of the molecule is COCCN(CCCOc1cc2ncnc(Nc3ccc(F)c(Cl)c3)c2cc1OC1CCOCC1)CCOC. The largest absolute Gasteiger partial charge is 0.490 e. The van der Waals surface area contributed by atoms with E-state index in [2.05, 4.69) is 20.2 Å². The third-order valence-corrected chi connectivity index (χ3v) is 6.73. The Balaban J connectivity index is 1.52. The molecule has 0 bridgehead atoms. The van der Waals surface area contributed by atoms with Crippen molar-refractivity contribution in [2.75, 3.05) is 72.2 Å². The first-order valence-corrected chi connectivity index (χ1v) is 13.5. The molecule has 4 rings (SSSR count). The summed E-state index contributed by atoms with van der Waals surface area (Å²) in [7, 11) is 3.41. The fourth-order valence-electron chi connectivity index (χ4n) is 4.30. The fourth-order valence-corrected chi connectivity index (χ4v) is 4.48. The number of methoxy groups -OCH3 is 2. The summed E-state index contributed by atoms with van der Waals surface area (Å²) < 4.78 is 42.3. The first-order chi connectivity index (χ1) is 19.1. The Labute approximate surface area is 233 Å². The third kappa shape index (κ3) is 8.61. The van der Waals surface area contributed by atoms with Gasteiger partial charge in [0.05, 0.1) is 43.6 Å². The van der Waals surface area contributed by atoms with Crippen LogP contribution in [0, 0.1) is 5.82 Å². The van der Waals surface area contributed by atoms with Crippen LogP contribution >= 0.6 is 11.6 Å². The maximum atomic E-state index is 13.7. The molecule has 1 aliphatic heterocycles. The van der Waals surface area contributed by atoms with Crippen molar-refractivity contribution in [3.05, 3.63) is 47.5 Å². The highest BCUT2D eigenvalue weighted by Crippen LogP contribution is 2.36. The number of anilines is 2. The van der Waals surface area contributed by atoms with E-state index in [1.54, 1.807) is 20.3 Å². The van der Waals surface area contributed by atoms with E-state index in [1.807, 2.05) is 12.1 Å². The zero-order valence-corrected chi connectivity index (χ0v) is 23.2. The summed E-state index contributed by atoms with van der Waals surface area (Å²) in [5.41, 5.74) is 1.30. The molecule has 0 spiro atoms. The molecule has 1 saturated heterocycles. The normalized spacial score (nSPS) is 14.2. The highest BCUT2D eigenvalue weighted by Gasteiger charge is 2.20. The van der Waals surface area contributed by atoms with Gasteiger partial charge in [0.1, 0.15) is 24.1 Å². The van der Waals surface area contributed by atoms with Gasteiger partial charge in [0, 0.05) is 63.8 Å². The van der Waals surface area contributed by atoms with E-state index in [1.165, 1.54) is 18.5 Å². The smallest absolute Gasteiger partial charge is 0.163 e. The van der Waals surface area contributed by atoms with Gasteiger partial charge in [-0.05, 0) is 30.7 Å². The lowest BCUT2D eigenvalue weighted by Gasteiger charge is -2.25. The molecule has 212 valence electrons. The number of benzene rings is 2. The molecule has 0 radical (unpaired) electrons. The van der Waals surface area contributed by atoms with E-state index in [0.29, 0.717) is 61.6 Å². The quantitative estimate of drug-likeness (QED) is 0.255. The molecular weight excluding hydrogens is 527 g/mol. The van der Waals surface area contributed by atoms with Gasteiger partial charge >= 0.3 is 0 Å². The molecule has 0 unspecified atom stereocenters. The Morgan fingerprint density at radius 1 is 1.00 bits per heavy atom. The molecule has 1 aliphatic rings. The molecule has 2 heterocycles. The number of hydrogen-bond acceptors (Lipinski definition) is 9. The van der Waals surface area contributed by atoms with Gasteiger partial charge in [0.2, 0.25) is 0 Å². The highest BCUT2D eigenvalue weighted by atomic mass is 35.5. The Morgan fingerprint density at radius 3 is 2.49 bits per heavy atom. The van der Waals surface area contributed by atoms with Crippen LogP contribution in [0.4, 0.5) is 15.9 Å². The summed E-state index contributed by atoms with van der Waals surface area (Å²) >= 11 is 5.97. The molecule has 3 aromatic rings. The van der Waals surface area contributed by atoms with E-state index in [4.69, 9.17) is 35.3 Å². The molecule has 2 aromatic carbocycles. The summed E-state index contributed by atoms with van der Waals surface area (Å²) in [6.07, 6.45) is 3.92. The van der Waals surface area contributed by atoms with E-state index >= 15 is 0 Å². The van der Waals surface area contributed by atoms with E-state index in [0.717, 1.165) is 44.3 Å². The number of nitrogens with zero attached hydrogens (tertiary/aromatic N) is 3. The first kappa shape index (κ1) is 29.2. The minimum atomic E-state index is -0.482. The second-order valence-corrected chi connectivity index (χ2v) is 9.66. The van der Waals surface area contributed by atoms with Gasteiger partial charge in [-0.15, -0.1) is 0 Å². The van der Waals surface area contributed by atoms with Crippen LogP contribution in [0.25, 0.3) is 10.9 Å². The topological polar surface area (TPSA) is 87.2 Å². The number of nitrogens with one attached hydrogen (secondary N) is 1. The predicted molar refractivity (Wildman–Crippen MR) is 149 cm³/mol. The van der Waals surface area contributed by atoms with Crippen LogP contribution in [0.5, 0.6) is 11.5 Å². The lowest BCUT2D eigenvalue weighted by atomic mass is 10.1. The van der Waals surface area contributed by atoms with Crippen molar-refractivity contribution >= 4 is 34.0 Å². The number of aromatic nitrogens is 2. The van der Waals surface area contributed by atoms with Crippen LogP contribution in [0.3, 0.4) is 0 Å². The molecule has 9 nitrogen and oxygen atoms in total. The minimum absolute atomic E-state index is 0.0223. The molecule has 0 saturated carbocycles. The van der Waals surface area contributed by atoms with E-state index in [-0.39, 0.29) is 11.1 Å². The van der Waals surface area contributed by atoms with Crippen molar-refractivity contribution in [1.29, 1.82) is 0 Å². The van der Waals surface area contributed by atoms with Crippen molar-refractivity contribution in [1.82, 2.24) is 14.9 Å². The average Bonchev–Trinajstić information content (AvgIpc) is 2.95. The van der Waals surface area contributed by atoms with Gasteiger partial charge in [-0.3, -0.25) is 4.90 Å². The maximum absolute atomic E-state index is 13.7. The van der Waals surface area contributed by atoms with Gasteiger partial charge in [0.15, 0.2) is 11.5 Å².